The fourth-order valence-electron chi connectivity index (χ4n) is 3.63. The van der Waals surface area contributed by atoms with Gasteiger partial charge in [-0.05, 0) is 24.6 Å². The van der Waals surface area contributed by atoms with Crippen molar-refractivity contribution in [1.29, 1.82) is 0 Å². The van der Waals surface area contributed by atoms with Crippen LogP contribution in [0.1, 0.15) is 5.56 Å². The Bertz CT molecular complexity index is 1100. The van der Waals surface area contributed by atoms with Crippen LogP contribution in [-0.4, -0.2) is 4.40 Å². The largest absolute Gasteiger partial charge is 0.308 e. The van der Waals surface area contributed by atoms with Crippen molar-refractivity contribution in [1.82, 2.24) is 4.40 Å². The minimum Gasteiger partial charge on any atom is -0.308 e. The molecule has 1 nitrogen and oxygen atoms in total. The van der Waals surface area contributed by atoms with Crippen molar-refractivity contribution in [3.05, 3.63) is 66.2 Å². The summed E-state index contributed by atoms with van der Waals surface area (Å²) < 4.78 is 2.42. The molecule has 0 fully saturated rings. The second kappa shape index (κ2) is 3.31. The Labute approximate surface area is 116 Å². The Morgan fingerprint density at radius 1 is 0.650 bits per heavy atom. The summed E-state index contributed by atoms with van der Waals surface area (Å²) in [5.41, 5.74) is 5.33. The van der Waals surface area contributed by atoms with E-state index >= 15 is 0 Å². The molecule has 0 saturated carbocycles. The van der Waals surface area contributed by atoms with Gasteiger partial charge >= 0.3 is 0 Å². The molecule has 5 aromatic rings. The van der Waals surface area contributed by atoms with Crippen molar-refractivity contribution < 1.29 is 0 Å². The number of para-hydroxylation sites is 2. The number of rotatable bonds is 0. The molecule has 20 heavy (non-hydrogen) atoms. The summed E-state index contributed by atoms with van der Waals surface area (Å²) in [5.74, 6) is 0. The van der Waals surface area contributed by atoms with E-state index in [2.05, 4.69) is 72.0 Å². The predicted octanol–water partition coefficient (Wildman–Crippen LogP) is 5.15. The second-order valence-electron chi connectivity index (χ2n) is 5.52. The van der Waals surface area contributed by atoms with Crippen LogP contribution in [0.4, 0.5) is 0 Å². The van der Waals surface area contributed by atoms with Crippen molar-refractivity contribution in [2.75, 3.05) is 0 Å². The van der Waals surface area contributed by atoms with Crippen LogP contribution in [0.25, 0.3) is 38.1 Å². The number of hydrogen-bond donors (Lipinski definition) is 0. The molecule has 0 aliphatic carbocycles. The van der Waals surface area contributed by atoms with Gasteiger partial charge in [0, 0.05) is 21.5 Å². The summed E-state index contributed by atoms with van der Waals surface area (Å²) in [6, 6.07) is 21.9. The Hall–Kier alpha value is -2.54. The normalized spacial score (nSPS) is 12.2. The molecule has 0 N–H and O–H groups in total. The molecule has 0 atom stereocenters. The van der Waals surface area contributed by atoms with E-state index in [0.717, 1.165) is 0 Å². The molecule has 0 aliphatic rings. The molecule has 0 bridgehead atoms. The summed E-state index contributed by atoms with van der Waals surface area (Å²) in [6.07, 6.45) is 0. The zero-order chi connectivity index (χ0) is 13.3. The third-order valence-corrected chi connectivity index (χ3v) is 4.46. The van der Waals surface area contributed by atoms with Crippen molar-refractivity contribution in [3.8, 4) is 0 Å². The van der Waals surface area contributed by atoms with Crippen LogP contribution in [0, 0.1) is 6.92 Å². The van der Waals surface area contributed by atoms with Crippen molar-refractivity contribution in [2.24, 2.45) is 0 Å². The average molecular weight is 255 g/mol. The molecule has 0 saturated heterocycles. The molecule has 94 valence electrons. The zero-order valence-corrected chi connectivity index (χ0v) is 11.2. The molecule has 0 radical (unpaired) electrons. The summed E-state index contributed by atoms with van der Waals surface area (Å²) in [7, 11) is 0. The van der Waals surface area contributed by atoms with Gasteiger partial charge in [0.2, 0.25) is 0 Å². The van der Waals surface area contributed by atoms with E-state index in [1.807, 2.05) is 0 Å². The maximum Gasteiger partial charge on any atom is 0.0623 e. The summed E-state index contributed by atoms with van der Waals surface area (Å²) >= 11 is 0. The Morgan fingerprint density at radius 3 is 2.10 bits per heavy atom. The lowest BCUT2D eigenvalue weighted by molar-refractivity contribution is 1.37. The van der Waals surface area contributed by atoms with Crippen molar-refractivity contribution in [3.63, 3.8) is 0 Å². The Kier molecular flexibility index (Phi) is 1.70. The van der Waals surface area contributed by atoms with E-state index in [1.165, 1.54) is 43.7 Å². The molecular formula is C19H13N. The maximum absolute atomic E-state index is 2.42. The number of hydrogen-bond acceptors (Lipinski definition) is 0. The van der Waals surface area contributed by atoms with Gasteiger partial charge in [-0.3, -0.25) is 0 Å². The lowest BCUT2D eigenvalue weighted by atomic mass is 10.0. The van der Waals surface area contributed by atoms with Gasteiger partial charge < -0.3 is 4.40 Å². The fraction of sp³-hybridized carbons (Fsp3) is 0.0526. The van der Waals surface area contributed by atoms with E-state index in [4.69, 9.17) is 0 Å². The fourth-order valence-corrected chi connectivity index (χ4v) is 3.63. The van der Waals surface area contributed by atoms with E-state index in [9.17, 15) is 0 Å². The summed E-state index contributed by atoms with van der Waals surface area (Å²) in [5, 5.41) is 5.46. The van der Waals surface area contributed by atoms with Gasteiger partial charge in [0.05, 0.1) is 16.6 Å². The van der Waals surface area contributed by atoms with Crippen LogP contribution in [0.3, 0.4) is 0 Å². The molecule has 2 aromatic heterocycles. The number of fused-ring (bicyclic) bond motifs is 6. The van der Waals surface area contributed by atoms with Crippen LogP contribution in [0.5, 0.6) is 0 Å². The van der Waals surface area contributed by atoms with Gasteiger partial charge in [0.25, 0.3) is 0 Å². The summed E-state index contributed by atoms with van der Waals surface area (Å²) in [6.45, 7) is 2.21. The van der Waals surface area contributed by atoms with E-state index in [0.29, 0.717) is 0 Å². The predicted molar refractivity (Wildman–Crippen MR) is 85.8 cm³/mol. The topological polar surface area (TPSA) is 4.41 Å². The van der Waals surface area contributed by atoms with Gasteiger partial charge in [-0.1, -0.05) is 48.5 Å². The quantitative estimate of drug-likeness (QED) is 0.360. The number of benzene rings is 3. The van der Waals surface area contributed by atoms with Gasteiger partial charge in [0.15, 0.2) is 0 Å². The second-order valence-corrected chi connectivity index (χ2v) is 5.52. The molecular weight excluding hydrogens is 242 g/mol. The van der Waals surface area contributed by atoms with E-state index in [1.54, 1.807) is 0 Å². The highest BCUT2D eigenvalue weighted by molar-refractivity contribution is 6.24. The maximum atomic E-state index is 2.42. The molecule has 0 unspecified atom stereocenters. The Balaban J connectivity index is 2.32. The van der Waals surface area contributed by atoms with Crippen LogP contribution in [-0.2, 0) is 0 Å². The van der Waals surface area contributed by atoms with E-state index in [-0.39, 0.29) is 0 Å². The van der Waals surface area contributed by atoms with Crippen LogP contribution >= 0.6 is 0 Å². The molecule has 2 heterocycles. The monoisotopic (exact) mass is 255 g/mol. The van der Waals surface area contributed by atoms with Gasteiger partial charge in [-0.25, -0.2) is 0 Å². The molecule has 1 heteroatoms. The molecule has 3 aromatic carbocycles. The first-order chi connectivity index (χ1) is 9.86. The SMILES string of the molecule is Cc1ccc2c3ccccc3n3c4ccccc4c1c23. The van der Waals surface area contributed by atoms with Crippen molar-refractivity contribution >= 4 is 38.1 Å². The highest BCUT2D eigenvalue weighted by Crippen LogP contribution is 2.39. The molecule has 5 rings (SSSR count). The van der Waals surface area contributed by atoms with E-state index < -0.39 is 0 Å². The Morgan fingerprint density at radius 2 is 1.30 bits per heavy atom. The third-order valence-electron chi connectivity index (χ3n) is 4.46. The van der Waals surface area contributed by atoms with Crippen LogP contribution in [0.15, 0.2) is 60.7 Å². The number of nitrogens with zero attached hydrogens (tertiary/aromatic N) is 1. The highest BCUT2D eigenvalue weighted by Gasteiger charge is 2.17. The van der Waals surface area contributed by atoms with Crippen molar-refractivity contribution in [2.45, 2.75) is 6.92 Å². The first-order valence-corrected chi connectivity index (χ1v) is 6.99. The number of aromatic nitrogens is 1. The standard InChI is InChI=1S/C19H13N/c1-12-10-11-14-13-6-2-4-8-16(13)20-17-9-5-3-7-15(17)18(12)19(14)20/h2-11H,1H3. The van der Waals surface area contributed by atoms with Crippen LogP contribution in [0.2, 0.25) is 0 Å². The first-order valence-electron chi connectivity index (χ1n) is 6.99. The third kappa shape index (κ3) is 1.01. The molecule has 0 amide bonds. The lowest BCUT2D eigenvalue weighted by Gasteiger charge is -1.98. The minimum atomic E-state index is 1.30. The minimum absolute atomic E-state index is 1.30. The van der Waals surface area contributed by atoms with Crippen LogP contribution < -0.4 is 0 Å². The zero-order valence-electron chi connectivity index (χ0n) is 11.2. The summed E-state index contributed by atoms with van der Waals surface area (Å²) in [4.78, 5) is 0. The number of aryl methyl sites for hydroxylation is 1. The van der Waals surface area contributed by atoms with Gasteiger partial charge in [0.1, 0.15) is 0 Å². The molecule has 0 spiro atoms. The average Bonchev–Trinajstić information content (AvgIpc) is 2.99. The van der Waals surface area contributed by atoms with Gasteiger partial charge in [-0.15, -0.1) is 0 Å². The first kappa shape index (κ1) is 10.3. The van der Waals surface area contributed by atoms with Gasteiger partial charge in [-0.2, -0.15) is 0 Å². The lowest BCUT2D eigenvalue weighted by Crippen LogP contribution is -1.78. The molecule has 0 aliphatic heterocycles. The highest BCUT2D eigenvalue weighted by atomic mass is 14.9. The smallest absolute Gasteiger partial charge is 0.0623 e.